The summed E-state index contributed by atoms with van der Waals surface area (Å²) in [4.78, 5) is 36.9. The van der Waals surface area contributed by atoms with Crippen LogP contribution >= 0.6 is 0 Å². The Kier molecular flexibility index (Phi) is 4.22. The van der Waals surface area contributed by atoms with Gasteiger partial charge in [-0.2, -0.15) is 0 Å². The van der Waals surface area contributed by atoms with E-state index in [1.807, 2.05) is 6.92 Å². The number of carbonyl (C=O) groups excluding carboxylic acids is 2. The highest BCUT2D eigenvalue weighted by Crippen LogP contribution is 2.39. The quantitative estimate of drug-likeness (QED) is 0.771. The fourth-order valence-electron chi connectivity index (χ4n) is 3.41. The van der Waals surface area contributed by atoms with Gasteiger partial charge in [0, 0.05) is 0 Å². The molecule has 2 aliphatic rings. The molecule has 19 heavy (non-hydrogen) atoms. The van der Waals surface area contributed by atoms with Crippen molar-refractivity contribution in [1.29, 1.82) is 0 Å². The maximum Gasteiger partial charge on any atom is 0.305 e. The van der Waals surface area contributed by atoms with Gasteiger partial charge >= 0.3 is 5.97 Å². The van der Waals surface area contributed by atoms with E-state index in [9.17, 15) is 14.4 Å². The van der Waals surface area contributed by atoms with E-state index in [0.29, 0.717) is 6.42 Å². The fraction of sp³-hybridized carbons (Fsp3) is 0.786. The molecule has 0 spiro atoms. The zero-order valence-corrected chi connectivity index (χ0v) is 11.3. The maximum absolute atomic E-state index is 12.4. The summed E-state index contributed by atoms with van der Waals surface area (Å²) in [6.45, 7) is 1.94. The molecule has 0 aromatic carbocycles. The second-order valence-electron chi connectivity index (χ2n) is 5.58. The molecule has 0 aromatic rings. The Morgan fingerprint density at radius 3 is 2.21 bits per heavy atom. The van der Waals surface area contributed by atoms with Gasteiger partial charge in [0.05, 0.1) is 24.3 Å². The van der Waals surface area contributed by atoms with Crippen LogP contribution in [0.3, 0.4) is 0 Å². The molecule has 1 aliphatic carbocycles. The van der Waals surface area contributed by atoms with E-state index < -0.39 is 12.0 Å². The zero-order valence-electron chi connectivity index (χ0n) is 11.3. The van der Waals surface area contributed by atoms with Gasteiger partial charge < -0.3 is 5.11 Å². The summed E-state index contributed by atoms with van der Waals surface area (Å²) in [5.41, 5.74) is 0. The third-order valence-electron chi connectivity index (χ3n) is 4.27. The molecule has 3 unspecified atom stereocenters. The Bertz CT molecular complexity index is 369. The molecule has 2 amide bonds. The number of carbonyl (C=O) groups is 3. The zero-order chi connectivity index (χ0) is 14.0. The summed E-state index contributed by atoms with van der Waals surface area (Å²) in [5, 5.41) is 8.95. The lowest BCUT2D eigenvalue weighted by atomic mass is 9.81. The molecule has 0 aromatic heterocycles. The molecular weight excluding hydrogens is 246 g/mol. The monoisotopic (exact) mass is 267 g/mol. The van der Waals surface area contributed by atoms with E-state index in [-0.39, 0.29) is 30.1 Å². The number of carboxylic acids is 1. The second kappa shape index (κ2) is 5.72. The van der Waals surface area contributed by atoms with E-state index >= 15 is 0 Å². The van der Waals surface area contributed by atoms with Crippen LogP contribution < -0.4 is 0 Å². The van der Waals surface area contributed by atoms with Crippen molar-refractivity contribution in [2.24, 2.45) is 11.8 Å². The van der Waals surface area contributed by atoms with Gasteiger partial charge in [-0.05, 0) is 19.3 Å². The van der Waals surface area contributed by atoms with Crippen LogP contribution in [0.25, 0.3) is 0 Å². The molecule has 1 heterocycles. The van der Waals surface area contributed by atoms with E-state index in [2.05, 4.69) is 0 Å². The van der Waals surface area contributed by atoms with Crippen molar-refractivity contribution in [3.8, 4) is 0 Å². The number of rotatable bonds is 5. The van der Waals surface area contributed by atoms with Gasteiger partial charge in [0.15, 0.2) is 0 Å². The minimum atomic E-state index is -0.950. The van der Waals surface area contributed by atoms with Gasteiger partial charge in [0.2, 0.25) is 11.8 Å². The number of likely N-dealkylation sites (tertiary alicyclic amines) is 1. The van der Waals surface area contributed by atoms with E-state index in [1.165, 1.54) is 4.90 Å². The predicted molar refractivity (Wildman–Crippen MR) is 68.2 cm³/mol. The van der Waals surface area contributed by atoms with Gasteiger partial charge in [-0.3, -0.25) is 19.3 Å². The van der Waals surface area contributed by atoms with Crippen LogP contribution in [0.15, 0.2) is 0 Å². The number of imide groups is 1. The number of carboxylic acid groups (broad SMARTS) is 1. The topological polar surface area (TPSA) is 74.7 Å². The van der Waals surface area contributed by atoms with Crippen LogP contribution in [0.5, 0.6) is 0 Å². The first-order valence-corrected chi connectivity index (χ1v) is 7.15. The molecule has 2 fully saturated rings. The molecule has 1 saturated carbocycles. The molecule has 1 saturated heterocycles. The number of hydrogen-bond donors (Lipinski definition) is 1. The van der Waals surface area contributed by atoms with Crippen molar-refractivity contribution >= 4 is 17.8 Å². The largest absolute Gasteiger partial charge is 0.481 e. The van der Waals surface area contributed by atoms with Crippen LogP contribution in [0.4, 0.5) is 0 Å². The minimum absolute atomic E-state index is 0.130. The van der Waals surface area contributed by atoms with Crippen LogP contribution in [-0.4, -0.2) is 33.8 Å². The summed E-state index contributed by atoms with van der Waals surface area (Å²) in [5.74, 6) is -1.58. The summed E-state index contributed by atoms with van der Waals surface area (Å²) in [6.07, 6.45) is 4.74. The Morgan fingerprint density at radius 1 is 1.26 bits per heavy atom. The van der Waals surface area contributed by atoms with Crippen molar-refractivity contribution < 1.29 is 19.5 Å². The van der Waals surface area contributed by atoms with Gasteiger partial charge in [0.1, 0.15) is 0 Å². The molecule has 5 heteroatoms. The van der Waals surface area contributed by atoms with Crippen LogP contribution in [0, 0.1) is 11.8 Å². The van der Waals surface area contributed by atoms with E-state index in [1.54, 1.807) is 0 Å². The summed E-state index contributed by atoms with van der Waals surface area (Å²) in [7, 11) is 0. The Balaban J connectivity index is 2.19. The van der Waals surface area contributed by atoms with Gasteiger partial charge in [0.25, 0.3) is 0 Å². The normalized spacial score (nSPS) is 28.4. The number of aliphatic carboxylic acids is 1. The van der Waals surface area contributed by atoms with Gasteiger partial charge in [-0.25, -0.2) is 0 Å². The molecule has 1 aliphatic heterocycles. The smallest absolute Gasteiger partial charge is 0.305 e. The SMILES string of the molecule is CCCC(CC(=O)O)N1C(=O)C2CCCCC2C1=O. The van der Waals surface area contributed by atoms with Crippen molar-refractivity contribution in [2.75, 3.05) is 0 Å². The number of fused-ring (bicyclic) bond motifs is 1. The van der Waals surface area contributed by atoms with Gasteiger partial charge in [-0.15, -0.1) is 0 Å². The predicted octanol–water partition coefficient (Wildman–Crippen LogP) is 1.80. The average molecular weight is 267 g/mol. The maximum atomic E-state index is 12.4. The van der Waals surface area contributed by atoms with Crippen LogP contribution in [-0.2, 0) is 14.4 Å². The highest BCUT2D eigenvalue weighted by atomic mass is 16.4. The molecule has 106 valence electrons. The second-order valence-corrected chi connectivity index (χ2v) is 5.58. The Morgan fingerprint density at radius 2 is 1.79 bits per heavy atom. The lowest BCUT2D eigenvalue weighted by molar-refractivity contribution is -0.145. The number of nitrogens with zero attached hydrogens (tertiary/aromatic N) is 1. The number of amides is 2. The molecule has 5 nitrogen and oxygen atoms in total. The standard InChI is InChI=1S/C14H21NO4/c1-2-5-9(8-12(16)17)15-13(18)10-6-3-4-7-11(10)14(15)19/h9-11H,2-8H2,1H3,(H,16,17). The lowest BCUT2D eigenvalue weighted by Gasteiger charge is -2.25. The fourth-order valence-corrected chi connectivity index (χ4v) is 3.41. The Hall–Kier alpha value is -1.39. The minimum Gasteiger partial charge on any atom is -0.481 e. The highest BCUT2D eigenvalue weighted by Gasteiger charge is 2.50. The molecular formula is C14H21NO4. The number of hydrogen-bond acceptors (Lipinski definition) is 3. The van der Waals surface area contributed by atoms with Crippen LogP contribution in [0.2, 0.25) is 0 Å². The van der Waals surface area contributed by atoms with Crippen molar-refractivity contribution in [3.63, 3.8) is 0 Å². The molecule has 3 atom stereocenters. The summed E-state index contributed by atoms with van der Waals surface area (Å²) in [6, 6.07) is -0.465. The molecule has 0 bridgehead atoms. The summed E-state index contributed by atoms with van der Waals surface area (Å²) < 4.78 is 0. The first-order chi connectivity index (χ1) is 9.06. The Labute approximate surface area is 113 Å². The van der Waals surface area contributed by atoms with E-state index in [0.717, 1.165) is 32.1 Å². The third-order valence-corrected chi connectivity index (χ3v) is 4.27. The van der Waals surface area contributed by atoms with Crippen molar-refractivity contribution in [2.45, 2.75) is 57.9 Å². The van der Waals surface area contributed by atoms with Crippen LogP contribution in [0.1, 0.15) is 51.9 Å². The van der Waals surface area contributed by atoms with Crippen molar-refractivity contribution in [1.82, 2.24) is 4.90 Å². The van der Waals surface area contributed by atoms with Gasteiger partial charge in [-0.1, -0.05) is 26.2 Å². The summed E-state index contributed by atoms with van der Waals surface area (Å²) >= 11 is 0. The molecule has 2 rings (SSSR count). The first-order valence-electron chi connectivity index (χ1n) is 7.15. The third kappa shape index (κ3) is 2.65. The van der Waals surface area contributed by atoms with Crippen molar-refractivity contribution in [3.05, 3.63) is 0 Å². The molecule has 0 radical (unpaired) electrons. The highest BCUT2D eigenvalue weighted by molar-refractivity contribution is 6.05. The molecule has 1 N–H and O–H groups in total. The average Bonchev–Trinajstić information content (AvgIpc) is 2.62. The first kappa shape index (κ1) is 14.0. The van der Waals surface area contributed by atoms with E-state index in [4.69, 9.17) is 5.11 Å². The lowest BCUT2D eigenvalue weighted by Crippen LogP contribution is -2.42.